The zero-order valence-electron chi connectivity index (χ0n) is 20.0. The lowest BCUT2D eigenvalue weighted by atomic mass is 10.1. The molecule has 0 atom stereocenters. The van der Waals surface area contributed by atoms with Gasteiger partial charge in [0.2, 0.25) is 0 Å². The average molecular weight is 503 g/mol. The maximum Gasteiger partial charge on any atom is 0.270 e. The van der Waals surface area contributed by atoms with E-state index in [1.54, 1.807) is 12.3 Å². The SMILES string of the molecule is Cc1ccc(N=Cc2cc([N+](=O)[O-])ccc2Sc2nc(-c3ccccc3)cc(-c3ccccc3)n2)cc1. The molecule has 6 nitrogen and oxygen atoms in total. The molecule has 0 fully saturated rings. The molecule has 37 heavy (non-hydrogen) atoms. The van der Waals surface area contributed by atoms with Crippen molar-refractivity contribution < 1.29 is 4.92 Å². The molecule has 7 heteroatoms. The van der Waals surface area contributed by atoms with Gasteiger partial charge in [-0.3, -0.25) is 15.1 Å². The third kappa shape index (κ3) is 5.97. The van der Waals surface area contributed by atoms with Gasteiger partial charge in [0.15, 0.2) is 5.16 Å². The molecule has 0 bridgehead atoms. The van der Waals surface area contributed by atoms with E-state index in [9.17, 15) is 10.1 Å². The van der Waals surface area contributed by atoms with Gasteiger partial charge < -0.3 is 0 Å². The van der Waals surface area contributed by atoms with Crippen molar-refractivity contribution >= 4 is 29.4 Å². The lowest BCUT2D eigenvalue weighted by molar-refractivity contribution is -0.384. The van der Waals surface area contributed by atoms with E-state index >= 15 is 0 Å². The number of rotatable bonds is 7. The minimum absolute atomic E-state index is 0.00126. The number of aromatic nitrogens is 2. The highest BCUT2D eigenvalue weighted by atomic mass is 32.2. The topological polar surface area (TPSA) is 81.3 Å². The maximum atomic E-state index is 11.5. The van der Waals surface area contributed by atoms with E-state index < -0.39 is 4.92 Å². The minimum atomic E-state index is -0.405. The van der Waals surface area contributed by atoms with E-state index in [1.165, 1.54) is 23.9 Å². The second kappa shape index (κ2) is 11.0. The first kappa shape index (κ1) is 24.1. The van der Waals surface area contributed by atoms with E-state index in [0.29, 0.717) is 10.7 Å². The number of aliphatic imine (C=N–C) groups is 1. The summed E-state index contributed by atoms with van der Waals surface area (Å²) in [6, 6.07) is 34.4. The summed E-state index contributed by atoms with van der Waals surface area (Å²) in [5.74, 6) is 0. The first-order valence-corrected chi connectivity index (χ1v) is 12.4. The molecule has 4 aromatic carbocycles. The first-order chi connectivity index (χ1) is 18.0. The van der Waals surface area contributed by atoms with Crippen molar-refractivity contribution in [2.75, 3.05) is 0 Å². The van der Waals surface area contributed by atoms with Crippen LogP contribution in [0.3, 0.4) is 0 Å². The number of nitro benzene ring substituents is 1. The van der Waals surface area contributed by atoms with Gasteiger partial charge in [0.1, 0.15) is 0 Å². The summed E-state index contributed by atoms with van der Waals surface area (Å²) in [6.45, 7) is 2.01. The number of non-ortho nitro benzene ring substituents is 1. The summed E-state index contributed by atoms with van der Waals surface area (Å²) in [5.41, 5.74) is 6.08. The van der Waals surface area contributed by atoms with E-state index in [-0.39, 0.29) is 5.69 Å². The molecule has 1 heterocycles. The van der Waals surface area contributed by atoms with Gasteiger partial charge in [-0.25, -0.2) is 9.97 Å². The zero-order chi connectivity index (χ0) is 25.6. The van der Waals surface area contributed by atoms with Crippen molar-refractivity contribution in [3.05, 3.63) is 130 Å². The van der Waals surface area contributed by atoms with Gasteiger partial charge >= 0.3 is 0 Å². The Morgan fingerprint density at radius 2 is 1.38 bits per heavy atom. The number of nitrogens with zero attached hydrogens (tertiary/aromatic N) is 4. The fraction of sp³-hybridized carbons (Fsp3) is 0.0333. The molecule has 0 aliphatic heterocycles. The third-order valence-electron chi connectivity index (χ3n) is 5.64. The van der Waals surface area contributed by atoms with Crippen LogP contribution in [-0.4, -0.2) is 21.1 Å². The molecule has 180 valence electrons. The van der Waals surface area contributed by atoms with Crippen LogP contribution < -0.4 is 0 Å². The van der Waals surface area contributed by atoms with Crippen LogP contribution in [0.25, 0.3) is 22.5 Å². The minimum Gasteiger partial charge on any atom is -0.258 e. The predicted octanol–water partition coefficient (Wildman–Crippen LogP) is 7.93. The third-order valence-corrected chi connectivity index (χ3v) is 6.59. The van der Waals surface area contributed by atoms with Crippen LogP contribution >= 0.6 is 11.8 Å². The van der Waals surface area contributed by atoms with Gasteiger partial charge in [-0.1, -0.05) is 78.4 Å². The Labute approximate surface area is 219 Å². The molecular formula is C30H22N4O2S. The Bertz CT molecular complexity index is 1510. The molecule has 0 aliphatic carbocycles. The highest BCUT2D eigenvalue weighted by Gasteiger charge is 2.14. The van der Waals surface area contributed by atoms with Gasteiger partial charge in [0.25, 0.3) is 5.69 Å². The van der Waals surface area contributed by atoms with Crippen LogP contribution in [0, 0.1) is 17.0 Å². The summed E-state index contributed by atoms with van der Waals surface area (Å²) in [5, 5.41) is 12.0. The summed E-state index contributed by atoms with van der Waals surface area (Å²) in [7, 11) is 0. The number of nitro groups is 1. The number of hydrogen-bond acceptors (Lipinski definition) is 6. The van der Waals surface area contributed by atoms with Crippen LogP contribution in [0.4, 0.5) is 11.4 Å². The summed E-state index contributed by atoms with van der Waals surface area (Å²) < 4.78 is 0. The van der Waals surface area contributed by atoms with Gasteiger partial charge in [-0.15, -0.1) is 0 Å². The van der Waals surface area contributed by atoms with Gasteiger partial charge in [0.05, 0.1) is 22.0 Å². The van der Waals surface area contributed by atoms with Gasteiger partial charge in [-0.2, -0.15) is 0 Å². The molecule has 0 saturated carbocycles. The first-order valence-electron chi connectivity index (χ1n) is 11.6. The molecule has 5 rings (SSSR count). The standard InChI is InChI=1S/C30H22N4O2S/c1-21-12-14-25(15-13-21)31-20-24-18-26(34(35)36)16-17-29(24)37-30-32-27(22-8-4-2-5-9-22)19-28(33-30)23-10-6-3-7-11-23/h2-20H,1H3. The lowest BCUT2D eigenvalue weighted by Crippen LogP contribution is -1.96. The van der Waals surface area contributed by atoms with Crippen LogP contribution in [0.2, 0.25) is 0 Å². The van der Waals surface area contributed by atoms with Crippen LogP contribution in [0.5, 0.6) is 0 Å². The van der Waals surface area contributed by atoms with Crippen molar-refractivity contribution in [1.29, 1.82) is 0 Å². The molecule has 0 radical (unpaired) electrons. The number of aryl methyl sites for hydroxylation is 1. The fourth-order valence-corrected chi connectivity index (χ4v) is 4.55. The summed E-state index contributed by atoms with van der Waals surface area (Å²) >= 11 is 1.35. The van der Waals surface area contributed by atoms with Gasteiger partial charge in [-0.05, 0) is 43.0 Å². The fourth-order valence-electron chi connectivity index (χ4n) is 3.70. The van der Waals surface area contributed by atoms with Crippen molar-refractivity contribution in [3.63, 3.8) is 0 Å². The molecule has 1 aromatic heterocycles. The smallest absolute Gasteiger partial charge is 0.258 e. The largest absolute Gasteiger partial charge is 0.270 e. The Hall–Kier alpha value is -4.62. The Morgan fingerprint density at radius 3 is 1.95 bits per heavy atom. The van der Waals surface area contributed by atoms with Crippen molar-refractivity contribution in [2.45, 2.75) is 17.0 Å². The zero-order valence-corrected chi connectivity index (χ0v) is 20.8. The average Bonchev–Trinajstić information content (AvgIpc) is 2.94. The number of hydrogen-bond donors (Lipinski definition) is 0. The van der Waals surface area contributed by atoms with E-state index in [0.717, 1.165) is 38.7 Å². The Morgan fingerprint density at radius 1 is 0.784 bits per heavy atom. The van der Waals surface area contributed by atoms with E-state index in [2.05, 4.69) is 4.99 Å². The van der Waals surface area contributed by atoms with Crippen LogP contribution in [0.1, 0.15) is 11.1 Å². The molecule has 5 aromatic rings. The molecule has 0 spiro atoms. The van der Waals surface area contributed by atoms with Crippen molar-refractivity contribution in [2.24, 2.45) is 4.99 Å². The molecular weight excluding hydrogens is 480 g/mol. The maximum absolute atomic E-state index is 11.5. The summed E-state index contributed by atoms with van der Waals surface area (Å²) in [4.78, 5) is 26.0. The molecule has 0 N–H and O–H groups in total. The normalized spacial score (nSPS) is 11.1. The van der Waals surface area contributed by atoms with Crippen molar-refractivity contribution in [3.8, 4) is 22.5 Å². The molecule has 0 saturated heterocycles. The highest BCUT2D eigenvalue weighted by Crippen LogP contribution is 2.33. The quantitative estimate of drug-likeness (QED) is 0.0977. The van der Waals surface area contributed by atoms with E-state index in [4.69, 9.17) is 9.97 Å². The second-order valence-electron chi connectivity index (χ2n) is 8.33. The monoisotopic (exact) mass is 502 g/mol. The highest BCUT2D eigenvalue weighted by molar-refractivity contribution is 7.99. The van der Waals surface area contributed by atoms with E-state index in [1.807, 2.05) is 97.9 Å². The summed E-state index contributed by atoms with van der Waals surface area (Å²) in [6.07, 6.45) is 1.65. The molecule has 0 aliphatic rings. The predicted molar refractivity (Wildman–Crippen MR) is 149 cm³/mol. The Balaban J connectivity index is 1.57. The molecule has 0 amide bonds. The van der Waals surface area contributed by atoms with Crippen LogP contribution in [0.15, 0.2) is 124 Å². The second-order valence-corrected chi connectivity index (χ2v) is 9.34. The van der Waals surface area contributed by atoms with Crippen LogP contribution in [-0.2, 0) is 0 Å². The van der Waals surface area contributed by atoms with Gasteiger partial charge in [0, 0.05) is 39.9 Å². The lowest BCUT2D eigenvalue weighted by Gasteiger charge is -2.10. The molecule has 0 unspecified atom stereocenters. The number of benzene rings is 4. The van der Waals surface area contributed by atoms with Crippen molar-refractivity contribution in [1.82, 2.24) is 9.97 Å². The Kier molecular flexibility index (Phi) is 7.14.